The van der Waals surface area contributed by atoms with E-state index in [0.717, 1.165) is 10.6 Å². The smallest absolute Gasteiger partial charge is 0.249 e. The van der Waals surface area contributed by atoms with Gasteiger partial charge in [0.15, 0.2) is 5.82 Å². The van der Waals surface area contributed by atoms with Crippen molar-refractivity contribution in [1.82, 2.24) is 20.2 Å². The molecule has 0 aliphatic carbocycles. The zero-order valence-corrected chi connectivity index (χ0v) is 14.6. The molecule has 3 rings (SSSR count). The fraction of sp³-hybridized carbons (Fsp3) is 0.176. The van der Waals surface area contributed by atoms with E-state index in [1.54, 1.807) is 13.3 Å². The lowest BCUT2D eigenvalue weighted by atomic mass is 10.3. The van der Waals surface area contributed by atoms with Crippen molar-refractivity contribution in [3.8, 4) is 17.3 Å². The van der Waals surface area contributed by atoms with Gasteiger partial charge in [-0.1, -0.05) is 6.07 Å². The van der Waals surface area contributed by atoms with Gasteiger partial charge in [0.2, 0.25) is 11.9 Å². The third kappa shape index (κ3) is 4.36. The second kappa shape index (κ2) is 7.80. The maximum absolute atomic E-state index is 12.3. The first-order chi connectivity index (χ1) is 12.2. The van der Waals surface area contributed by atoms with Crippen molar-refractivity contribution < 1.29 is 9.53 Å². The number of hydrogen-bond acceptors (Lipinski definition) is 6. The summed E-state index contributed by atoms with van der Waals surface area (Å²) in [4.78, 5) is 21.7. The second-order valence-electron chi connectivity index (χ2n) is 5.15. The molecular formula is C17H17N5O2S. The maximum Gasteiger partial charge on any atom is 0.249 e. The number of thioether (sulfide) groups is 1. The standard InChI is InChI=1S/C17H17N5O2S/c1-11(25-13-8-6-12(24-2)7-9-13)16(23)20-17-19-15(21-22-17)14-5-3-4-10-18-14/h3-11H,1-2H3,(H2,19,20,21,22,23). The lowest BCUT2D eigenvalue weighted by Crippen LogP contribution is -2.23. The van der Waals surface area contributed by atoms with E-state index in [2.05, 4.69) is 25.5 Å². The number of amides is 1. The molecule has 0 bridgehead atoms. The lowest BCUT2D eigenvalue weighted by Gasteiger charge is -2.10. The molecule has 0 saturated carbocycles. The van der Waals surface area contributed by atoms with Crippen LogP contribution in [-0.4, -0.2) is 38.4 Å². The molecule has 2 aromatic heterocycles. The van der Waals surface area contributed by atoms with Crippen LogP contribution < -0.4 is 10.1 Å². The van der Waals surface area contributed by atoms with E-state index < -0.39 is 0 Å². The summed E-state index contributed by atoms with van der Waals surface area (Å²) in [5.74, 6) is 1.34. The van der Waals surface area contributed by atoms with E-state index in [1.807, 2.05) is 49.4 Å². The average Bonchev–Trinajstić information content (AvgIpc) is 3.11. The van der Waals surface area contributed by atoms with Gasteiger partial charge in [0.05, 0.1) is 12.4 Å². The number of aromatic amines is 1. The molecule has 0 spiro atoms. The fourth-order valence-corrected chi connectivity index (χ4v) is 2.93. The monoisotopic (exact) mass is 355 g/mol. The molecule has 1 atom stereocenters. The van der Waals surface area contributed by atoms with Gasteiger partial charge in [-0.3, -0.25) is 20.2 Å². The third-order valence-corrected chi connectivity index (χ3v) is 4.48. The molecule has 7 nitrogen and oxygen atoms in total. The molecule has 25 heavy (non-hydrogen) atoms. The quantitative estimate of drug-likeness (QED) is 0.660. The van der Waals surface area contributed by atoms with Gasteiger partial charge in [0.1, 0.15) is 11.4 Å². The molecule has 128 valence electrons. The molecule has 0 saturated heterocycles. The Bertz CT molecular complexity index is 836. The summed E-state index contributed by atoms with van der Waals surface area (Å²) in [5.41, 5.74) is 0.663. The van der Waals surface area contributed by atoms with Crippen LogP contribution in [-0.2, 0) is 4.79 Å². The van der Waals surface area contributed by atoms with Gasteiger partial charge >= 0.3 is 0 Å². The predicted octanol–water partition coefficient (Wildman–Crippen LogP) is 2.99. The highest BCUT2D eigenvalue weighted by atomic mass is 32.2. The van der Waals surface area contributed by atoms with E-state index in [9.17, 15) is 4.79 Å². The second-order valence-corrected chi connectivity index (χ2v) is 6.56. The number of pyridine rings is 1. The molecule has 1 aromatic carbocycles. The molecular weight excluding hydrogens is 338 g/mol. The number of ether oxygens (including phenoxy) is 1. The number of hydrogen-bond donors (Lipinski definition) is 2. The third-order valence-electron chi connectivity index (χ3n) is 3.37. The van der Waals surface area contributed by atoms with E-state index in [0.29, 0.717) is 11.5 Å². The van der Waals surface area contributed by atoms with Crippen LogP contribution in [0.1, 0.15) is 6.92 Å². The summed E-state index contributed by atoms with van der Waals surface area (Å²) >= 11 is 1.45. The van der Waals surface area contributed by atoms with Crippen LogP contribution in [0.3, 0.4) is 0 Å². The van der Waals surface area contributed by atoms with E-state index in [-0.39, 0.29) is 17.1 Å². The van der Waals surface area contributed by atoms with Crippen LogP contribution in [0.25, 0.3) is 11.5 Å². The van der Waals surface area contributed by atoms with Gasteiger partial charge in [0.25, 0.3) is 0 Å². The van der Waals surface area contributed by atoms with Crippen molar-refractivity contribution in [3.63, 3.8) is 0 Å². The number of anilines is 1. The first-order valence-corrected chi connectivity index (χ1v) is 8.49. The molecule has 3 aromatic rings. The number of carbonyl (C=O) groups excluding carboxylic acids is 1. The SMILES string of the molecule is COc1ccc(SC(C)C(=O)Nc2n[nH]c(-c3ccccn3)n2)cc1. The Morgan fingerprint density at radius 3 is 2.72 bits per heavy atom. The van der Waals surface area contributed by atoms with Crippen molar-refractivity contribution in [2.24, 2.45) is 0 Å². The highest BCUT2D eigenvalue weighted by Crippen LogP contribution is 2.26. The minimum Gasteiger partial charge on any atom is -0.497 e. The first-order valence-electron chi connectivity index (χ1n) is 7.61. The Balaban J connectivity index is 1.60. The van der Waals surface area contributed by atoms with E-state index in [1.165, 1.54) is 11.8 Å². The van der Waals surface area contributed by atoms with Crippen molar-refractivity contribution in [2.75, 3.05) is 12.4 Å². The number of methoxy groups -OCH3 is 1. The number of benzene rings is 1. The molecule has 0 aliphatic heterocycles. The average molecular weight is 355 g/mol. The van der Waals surface area contributed by atoms with Crippen LogP contribution in [0.2, 0.25) is 0 Å². The topological polar surface area (TPSA) is 92.8 Å². The van der Waals surface area contributed by atoms with E-state index >= 15 is 0 Å². The molecule has 0 fully saturated rings. The normalized spacial score (nSPS) is 11.8. The number of nitrogens with one attached hydrogen (secondary N) is 2. The Morgan fingerprint density at radius 1 is 1.24 bits per heavy atom. The molecule has 2 N–H and O–H groups in total. The number of carbonyl (C=O) groups is 1. The number of rotatable bonds is 6. The Labute approximate surface area is 149 Å². The number of nitrogens with zero attached hydrogens (tertiary/aromatic N) is 3. The fourth-order valence-electron chi connectivity index (χ4n) is 2.06. The first kappa shape index (κ1) is 17.0. The Morgan fingerprint density at radius 2 is 2.04 bits per heavy atom. The highest BCUT2D eigenvalue weighted by Gasteiger charge is 2.17. The minimum absolute atomic E-state index is 0.174. The molecule has 8 heteroatoms. The number of H-pyrrole nitrogens is 1. The molecule has 0 aliphatic rings. The summed E-state index contributed by atoms with van der Waals surface area (Å²) in [6.07, 6.45) is 1.67. The van der Waals surface area contributed by atoms with Gasteiger partial charge in [-0.2, -0.15) is 4.98 Å². The van der Waals surface area contributed by atoms with Crippen LogP contribution >= 0.6 is 11.8 Å². The van der Waals surface area contributed by atoms with Crippen molar-refractivity contribution in [3.05, 3.63) is 48.7 Å². The Kier molecular flexibility index (Phi) is 5.30. The van der Waals surface area contributed by atoms with Crippen LogP contribution in [0, 0.1) is 0 Å². The highest BCUT2D eigenvalue weighted by molar-refractivity contribution is 8.00. The van der Waals surface area contributed by atoms with E-state index in [4.69, 9.17) is 4.74 Å². The van der Waals surface area contributed by atoms with Gasteiger partial charge in [0, 0.05) is 11.1 Å². The van der Waals surface area contributed by atoms with Crippen molar-refractivity contribution in [1.29, 1.82) is 0 Å². The van der Waals surface area contributed by atoms with Gasteiger partial charge in [-0.15, -0.1) is 16.9 Å². The molecule has 0 radical (unpaired) electrons. The largest absolute Gasteiger partial charge is 0.497 e. The molecule has 1 amide bonds. The van der Waals surface area contributed by atoms with Crippen LogP contribution in [0.5, 0.6) is 5.75 Å². The zero-order valence-electron chi connectivity index (χ0n) is 13.8. The summed E-state index contributed by atoms with van der Waals surface area (Å²) in [7, 11) is 1.62. The minimum atomic E-state index is -0.301. The number of aromatic nitrogens is 4. The Hall–Kier alpha value is -2.87. The van der Waals surface area contributed by atoms with Gasteiger partial charge in [-0.25, -0.2) is 0 Å². The summed E-state index contributed by atoms with van der Waals surface area (Å²) in [6.45, 7) is 1.83. The lowest BCUT2D eigenvalue weighted by molar-refractivity contribution is -0.115. The van der Waals surface area contributed by atoms with Crippen molar-refractivity contribution >= 4 is 23.6 Å². The maximum atomic E-state index is 12.3. The van der Waals surface area contributed by atoms with Crippen LogP contribution in [0.4, 0.5) is 5.95 Å². The summed E-state index contributed by atoms with van der Waals surface area (Å²) in [5, 5.41) is 9.19. The molecule has 2 heterocycles. The van der Waals surface area contributed by atoms with Crippen molar-refractivity contribution in [2.45, 2.75) is 17.1 Å². The summed E-state index contributed by atoms with van der Waals surface area (Å²) in [6, 6.07) is 13.0. The predicted molar refractivity (Wildman–Crippen MR) is 96.6 cm³/mol. The molecule has 1 unspecified atom stereocenters. The van der Waals surface area contributed by atoms with Crippen LogP contribution in [0.15, 0.2) is 53.6 Å². The zero-order chi connectivity index (χ0) is 17.6. The van der Waals surface area contributed by atoms with Gasteiger partial charge in [-0.05, 0) is 43.3 Å². The van der Waals surface area contributed by atoms with Gasteiger partial charge < -0.3 is 4.74 Å². The summed E-state index contributed by atoms with van der Waals surface area (Å²) < 4.78 is 5.13.